The largest absolute Gasteiger partial charge is 0.312 e. The first-order chi connectivity index (χ1) is 8.78. The van der Waals surface area contributed by atoms with Crippen LogP contribution in [0.2, 0.25) is 0 Å². The van der Waals surface area contributed by atoms with Crippen LogP contribution in [0.3, 0.4) is 0 Å². The maximum absolute atomic E-state index is 11.4. The summed E-state index contributed by atoms with van der Waals surface area (Å²) < 4.78 is 22.8. The molecule has 5 heteroatoms. The van der Waals surface area contributed by atoms with Crippen LogP contribution in [0.25, 0.3) is 0 Å². The SMILES string of the molecule is CC(C)CN(CCNC1CCS(=O)(=O)C1)CC(C)C. The molecule has 4 nitrogen and oxygen atoms in total. The van der Waals surface area contributed by atoms with Crippen molar-refractivity contribution in [2.75, 3.05) is 37.7 Å². The first-order valence-electron chi connectivity index (χ1n) is 7.44. The Morgan fingerprint density at radius 3 is 2.16 bits per heavy atom. The van der Waals surface area contributed by atoms with Crippen molar-refractivity contribution in [1.29, 1.82) is 0 Å². The molecule has 0 aromatic heterocycles. The molecule has 0 spiro atoms. The standard InChI is InChI=1S/C14H30N2O2S/c1-12(2)9-16(10-13(3)4)7-6-15-14-5-8-19(17,18)11-14/h12-15H,5-11H2,1-4H3. The van der Waals surface area contributed by atoms with Gasteiger partial charge < -0.3 is 10.2 Å². The van der Waals surface area contributed by atoms with Gasteiger partial charge in [0, 0.05) is 32.2 Å². The van der Waals surface area contributed by atoms with Gasteiger partial charge in [-0.1, -0.05) is 27.7 Å². The zero-order valence-electron chi connectivity index (χ0n) is 12.9. The smallest absolute Gasteiger partial charge is 0.151 e. The van der Waals surface area contributed by atoms with Crippen LogP contribution < -0.4 is 5.32 Å². The van der Waals surface area contributed by atoms with Crippen LogP contribution in [0.4, 0.5) is 0 Å². The molecule has 0 bridgehead atoms. The molecule has 1 unspecified atom stereocenters. The van der Waals surface area contributed by atoms with E-state index in [2.05, 4.69) is 37.9 Å². The van der Waals surface area contributed by atoms with Crippen molar-refractivity contribution in [2.24, 2.45) is 11.8 Å². The van der Waals surface area contributed by atoms with Crippen molar-refractivity contribution < 1.29 is 8.42 Å². The van der Waals surface area contributed by atoms with Gasteiger partial charge in [-0.25, -0.2) is 8.42 Å². The lowest BCUT2D eigenvalue weighted by molar-refractivity contribution is 0.218. The topological polar surface area (TPSA) is 49.4 Å². The van der Waals surface area contributed by atoms with Crippen LogP contribution in [-0.4, -0.2) is 57.0 Å². The summed E-state index contributed by atoms with van der Waals surface area (Å²) in [6.07, 6.45) is 0.774. The van der Waals surface area contributed by atoms with E-state index in [-0.39, 0.29) is 6.04 Å². The molecule has 1 rings (SSSR count). The Hall–Kier alpha value is -0.130. The first kappa shape index (κ1) is 16.9. The maximum Gasteiger partial charge on any atom is 0.151 e. The highest BCUT2D eigenvalue weighted by atomic mass is 32.2. The number of nitrogens with zero attached hydrogens (tertiary/aromatic N) is 1. The van der Waals surface area contributed by atoms with E-state index in [4.69, 9.17) is 0 Å². The van der Waals surface area contributed by atoms with E-state index in [1.807, 2.05) is 0 Å². The third kappa shape index (κ3) is 7.28. The summed E-state index contributed by atoms with van der Waals surface area (Å²) in [4.78, 5) is 2.48. The summed E-state index contributed by atoms with van der Waals surface area (Å²) in [6, 6.07) is 0.171. The predicted molar refractivity (Wildman–Crippen MR) is 81.2 cm³/mol. The second kappa shape index (κ2) is 7.60. The summed E-state index contributed by atoms with van der Waals surface area (Å²) in [5.74, 6) is 2.02. The number of hydrogen-bond donors (Lipinski definition) is 1. The highest BCUT2D eigenvalue weighted by Gasteiger charge is 2.27. The summed E-state index contributed by atoms with van der Waals surface area (Å²) >= 11 is 0. The van der Waals surface area contributed by atoms with E-state index in [1.54, 1.807) is 0 Å². The van der Waals surface area contributed by atoms with Gasteiger partial charge in [-0.15, -0.1) is 0 Å². The Morgan fingerprint density at radius 2 is 1.74 bits per heavy atom. The molecule has 1 saturated heterocycles. The third-order valence-electron chi connectivity index (χ3n) is 3.34. The lowest BCUT2D eigenvalue weighted by Crippen LogP contribution is -2.40. The molecule has 1 aliphatic rings. The van der Waals surface area contributed by atoms with Gasteiger partial charge >= 0.3 is 0 Å². The summed E-state index contributed by atoms with van der Waals surface area (Å²) in [6.45, 7) is 13.1. The average Bonchev–Trinajstić information content (AvgIpc) is 2.56. The Balaban J connectivity index is 2.28. The van der Waals surface area contributed by atoms with Crippen LogP contribution in [0.5, 0.6) is 0 Å². The van der Waals surface area contributed by atoms with Crippen LogP contribution >= 0.6 is 0 Å². The van der Waals surface area contributed by atoms with Crippen molar-refractivity contribution in [3.05, 3.63) is 0 Å². The molecule has 0 aromatic carbocycles. The Bertz CT molecular complexity index is 342. The number of hydrogen-bond acceptors (Lipinski definition) is 4. The minimum Gasteiger partial charge on any atom is -0.312 e. The van der Waals surface area contributed by atoms with Gasteiger partial charge in [0.25, 0.3) is 0 Å². The first-order valence-corrected chi connectivity index (χ1v) is 9.27. The minimum absolute atomic E-state index is 0.171. The molecule has 1 heterocycles. The van der Waals surface area contributed by atoms with Crippen LogP contribution in [0.1, 0.15) is 34.1 Å². The van der Waals surface area contributed by atoms with Crippen LogP contribution in [0.15, 0.2) is 0 Å². The molecule has 1 N–H and O–H groups in total. The predicted octanol–water partition coefficient (Wildman–Crippen LogP) is 1.38. The van der Waals surface area contributed by atoms with Crippen molar-refractivity contribution in [3.63, 3.8) is 0 Å². The van der Waals surface area contributed by atoms with Crippen molar-refractivity contribution >= 4 is 9.84 Å². The van der Waals surface area contributed by atoms with E-state index in [0.29, 0.717) is 23.3 Å². The zero-order valence-corrected chi connectivity index (χ0v) is 13.7. The minimum atomic E-state index is -2.76. The van der Waals surface area contributed by atoms with Crippen molar-refractivity contribution in [2.45, 2.75) is 40.2 Å². The fourth-order valence-corrected chi connectivity index (χ4v) is 4.38. The molecule has 114 valence electrons. The van der Waals surface area contributed by atoms with Gasteiger partial charge in [0.05, 0.1) is 11.5 Å². The monoisotopic (exact) mass is 290 g/mol. The van der Waals surface area contributed by atoms with E-state index >= 15 is 0 Å². The van der Waals surface area contributed by atoms with Gasteiger partial charge in [0.2, 0.25) is 0 Å². The third-order valence-corrected chi connectivity index (χ3v) is 5.11. The number of rotatable bonds is 8. The maximum atomic E-state index is 11.4. The van der Waals surface area contributed by atoms with Crippen molar-refractivity contribution in [1.82, 2.24) is 10.2 Å². The summed E-state index contributed by atoms with van der Waals surface area (Å²) in [7, 11) is -2.76. The normalized spacial score (nSPS) is 22.8. The van der Waals surface area contributed by atoms with Gasteiger partial charge in [-0.3, -0.25) is 0 Å². The van der Waals surface area contributed by atoms with Gasteiger partial charge in [-0.05, 0) is 18.3 Å². The number of nitrogens with one attached hydrogen (secondary N) is 1. The molecular weight excluding hydrogens is 260 g/mol. The van der Waals surface area contributed by atoms with E-state index in [1.165, 1.54) is 0 Å². The Labute approximate surface area is 118 Å². The van der Waals surface area contributed by atoms with Gasteiger partial charge in [0.1, 0.15) is 0 Å². The second-order valence-electron chi connectivity index (χ2n) is 6.60. The number of sulfone groups is 1. The Morgan fingerprint density at radius 1 is 1.16 bits per heavy atom. The Kier molecular flexibility index (Phi) is 6.77. The van der Waals surface area contributed by atoms with Gasteiger partial charge in [-0.2, -0.15) is 0 Å². The van der Waals surface area contributed by atoms with E-state index in [0.717, 1.165) is 32.6 Å². The molecular formula is C14H30N2O2S. The van der Waals surface area contributed by atoms with Crippen LogP contribution in [-0.2, 0) is 9.84 Å². The molecule has 0 aromatic rings. The molecule has 0 amide bonds. The van der Waals surface area contributed by atoms with E-state index in [9.17, 15) is 8.42 Å². The molecule has 0 saturated carbocycles. The molecule has 19 heavy (non-hydrogen) atoms. The van der Waals surface area contributed by atoms with Gasteiger partial charge in [0.15, 0.2) is 9.84 Å². The highest BCUT2D eigenvalue weighted by Crippen LogP contribution is 2.11. The molecule has 0 aliphatic carbocycles. The molecule has 1 fully saturated rings. The quantitative estimate of drug-likeness (QED) is 0.734. The fourth-order valence-electron chi connectivity index (χ4n) is 2.67. The average molecular weight is 290 g/mol. The van der Waals surface area contributed by atoms with E-state index < -0.39 is 9.84 Å². The van der Waals surface area contributed by atoms with Crippen molar-refractivity contribution in [3.8, 4) is 0 Å². The van der Waals surface area contributed by atoms with Crippen LogP contribution in [0, 0.1) is 11.8 Å². The second-order valence-corrected chi connectivity index (χ2v) is 8.83. The molecule has 1 atom stereocenters. The zero-order chi connectivity index (χ0) is 14.5. The molecule has 0 radical (unpaired) electrons. The molecule has 1 aliphatic heterocycles. The fraction of sp³-hybridized carbons (Fsp3) is 1.00. The lowest BCUT2D eigenvalue weighted by Gasteiger charge is -2.26. The lowest BCUT2D eigenvalue weighted by atomic mass is 10.1. The summed E-state index contributed by atoms with van der Waals surface area (Å²) in [5.41, 5.74) is 0. The summed E-state index contributed by atoms with van der Waals surface area (Å²) in [5, 5.41) is 3.39. The highest BCUT2D eigenvalue weighted by molar-refractivity contribution is 7.91.